The van der Waals surface area contributed by atoms with Crippen LogP contribution in [0.1, 0.15) is 19.3 Å². The second-order valence-corrected chi connectivity index (χ2v) is 5.19. The summed E-state index contributed by atoms with van der Waals surface area (Å²) >= 11 is 0. The molecule has 104 valence electrons. The third-order valence-corrected chi connectivity index (χ3v) is 3.67. The Bertz CT molecular complexity index is 668. The average Bonchev–Trinajstić information content (AvgIpc) is 3.16. The number of rotatable bonds is 5. The molecule has 6 nitrogen and oxygen atoms in total. The van der Waals surface area contributed by atoms with Crippen molar-refractivity contribution >= 4 is 22.3 Å². The lowest BCUT2D eigenvalue weighted by atomic mass is 10.1. The summed E-state index contributed by atoms with van der Waals surface area (Å²) in [5.41, 5.74) is 0.590. The third-order valence-electron chi connectivity index (χ3n) is 3.67. The smallest absolute Gasteiger partial charge is 0.311 e. The molecule has 2 N–H and O–H groups in total. The van der Waals surface area contributed by atoms with Crippen molar-refractivity contribution in [1.29, 1.82) is 0 Å². The molecule has 1 aliphatic rings. The molecule has 0 saturated heterocycles. The van der Waals surface area contributed by atoms with Crippen LogP contribution in [0.2, 0.25) is 0 Å². The van der Waals surface area contributed by atoms with E-state index >= 15 is 0 Å². The van der Waals surface area contributed by atoms with Gasteiger partial charge in [-0.1, -0.05) is 18.2 Å². The normalized spacial score (nSPS) is 16.1. The van der Waals surface area contributed by atoms with Gasteiger partial charge in [-0.25, -0.2) is 4.98 Å². The number of benzene rings is 1. The predicted molar refractivity (Wildman–Crippen MR) is 75.7 cm³/mol. The molecule has 1 aliphatic carbocycles. The van der Waals surface area contributed by atoms with Crippen molar-refractivity contribution in [2.45, 2.75) is 24.9 Å². The van der Waals surface area contributed by atoms with E-state index in [1.807, 2.05) is 24.3 Å². The highest BCUT2D eigenvalue weighted by Gasteiger charge is 2.39. The second kappa shape index (κ2) is 4.72. The van der Waals surface area contributed by atoms with Crippen LogP contribution in [0.3, 0.4) is 0 Å². The maximum absolute atomic E-state index is 11.1. The Hall–Kier alpha value is -2.21. The van der Waals surface area contributed by atoms with E-state index in [1.165, 1.54) is 6.20 Å². The van der Waals surface area contributed by atoms with E-state index in [0.717, 1.165) is 18.2 Å². The zero-order valence-electron chi connectivity index (χ0n) is 10.9. The fraction of sp³-hybridized carbons (Fsp3) is 0.357. The Morgan fingerprint density at radius 1 is 1.40 bits per heavy atom. The SMILES string of the molecule is O=[N+]([O-])c1cnc2ccccc2c1NCCC1(O)CC1. The quantitative estimate of drug-likeness (QED) is 0.645. The van der Waals surface area contributed by atoms with E-state index in [2.05, 4.69) is 10.3 Å². The first-order valence-electron chi connectivity index (χ1n) is 6.57. The van der Waals surface area contributed by atoms with E-state index < -0.39 is 10.5 Å². The average molecular weight is 273 g/mol. The number of para-hydroxylation sites is 1. The number of pyridine rings is 1. The molecule has 3 rings (SSSR count). The van der Waals surface area contributed by atoms with Gasteiger partial charge in [-0.15, -0.1) is 0 Å². The van der Waals surface area contributed by atoms with E-state index in [9.17, 15) is 15.2 Å². The first-order chi connectivity index (χ1) is 9.59. The molecular formula is C14H15N3O3. The van der Waals surface area contributed by atoms with E-state index in [0.29, 0.717) is 24.2 Å². The molecule has 0 unspecified atom stereocenters. The predicted octanol–water partition coefficient (Wildman–Crippen LogP) is 2.47. The lowest BCUT2D eigenvalue weighted by Crippen LogP contribution is -2.14. The Balaban J connectivity index is 1.92. The number of hydrogen-bond donors (Lipinski definition) is 2. The molecule has 0 aliphatic heterocycles. The minimum Gasteiger partial charge on any atom is -0.390 e. The van der Waals surface area contributed by atoms with Gasteiger partial charge in [-0.2, -0.15) is 0 Å². The Kier molecular flexibility index (Phi) is 3.02. The van der Waals surface area contributed by atoms with Crippen molar-refractivity contribution in [2.75, 3.05) is 11.9 Å². The highest BCUT2D eigenvalue weighted by atomic mass is 16.6. The van der Waals surface area contributed by atoms with Gasteiger partial charge in [0.15, 0.2) is 0 Å². The minimum absolute atomic E-state index is 0.0357. The van der Waals surface area contributed by atoms with Crippen molar-refractivity contribution < 1.29 is 10.0 Å². The standard InChI is InChI=1S/C14H15N3O3/c18-14(5-6-14)7-8-15-13-10-3-1-2-4-11(10)16-9-12(13)17(19)20/h1-4,9,18H,5-8H2,(H,15,16). The number of fused-ring (bicyclic) bond motifs is 1. The Morgan fingerprint density at radius 3 is 2.85 bits per heavy atom. The number of hydrogen-bond acceptors (Lipinski definition) is 5. The van der Waals surface area contributed by atoms with Crippen LogP contribution in [0.15, 0.2) is 30.5 Å². The van der Waals surface area contributed by atoms with Crippen LogP contribution in [0.4, 0.5) is 11.4 Å². The van der Waals surface area contributed by atoms with Crippen molar-refractivity contribution in [3.63, 3.8) is 0 Å². The highest BCUT2D eigenvalue weighted by molar-refractivity contribution is 5.95. The first-order valence-corrected chi connectivity index (χ1v) is 6.57. The minimum atomic E-state index is -0.565. The van der Waals surface area contributed by atoms with Crippen molar-refractivity contribution in [1.82, 2.24) is 4.98 Å². The first kappa shape index (κ1) is 12.8. The van der Waals surface area contributed by atoms with Crippen LogP contribution in [-0.2, 0) is 0 Å². The van der Waals surface area contributed by atoms with Crippen LogP contribution < -0.4 is 5.32 Å². The summed E-state index contributed by atoms with van der Waals surface area (Å²) < 4.78 is 0. The monoisotopic (exact) mass is 273 g/mol. The summed E-state index contributed by atoms with van der Waals surface area (Å²) in [6.07, 6.45) is 3.50. The summed E-state index contributed by atoms with van der Waals surface area (Å²) in [7, 11) is 0. The fourth-order valence-corrected chi connectivity index (χ4v) is 2.27. The van der Waals surface area contributed by atoms with Crippen LogP contribution >= 0.6 is 0 Å². The molecule has 1 fully saturated rings. The molecule has 1 saturated carbocycles. The summed E-state index contributed by atoms with van der Waals surface area (Å²) in [4.78, 5) is 14.8. The molecule has 1 heterocycles. The second-order valence-electron chi connectivity index (χ2n) is 5.19. The number of nitro groups is 1. The number of aromatic nitrogens is 1. The molecule has 0 spiro atoms. The zero-order valence-corrected chi connectivity index (χ0v) is 10.9. The molecule has 6 heteroatoms. The van der Waals surface area contributed by atoms with Gasteiger partial charge in [0, 0.05) is 11.9 Å². The molecule has 20 heavy (non-hydrogen) atoms. The number of anilines is 1. The number of nitrogens with one attached hydrogen (secondary N) is 1. The summed E-state index contributed by atoms with van der Waals surface area (Å²) in [5.74, 6) is 0. The summed E-state index contributed by atoms with van der Waals surface area (Å²) in [5, 5.41) is 24.7. The van der Waals surface area contributed by atoms with Gasteiger partial charge in [0.1, 0.15) is 11.9 Å². The molecule has 1 aromatic heterocycles. The Labute approximate surface area is 115 Å². The van der Waals surface area contributed by atoms with E-state index in [-0.39, 0.29) is 5.69 Å². The van der Waals surface area contributed by atoms with E-state index in [1.54, 1.807) is 0 Å². The van der Waals surface area contributed by atoms with Gasteiger partial charge in [0.05, 0.1) is 16.0 Å². The Morgan fingerprint density at radius 2 is 2.15 bits per heavy atom. The van der Waals surface area contributed by atoms with Gasteiger partial charge >= 0.3 is 5.69 Å². The van der Waals surface area contributed by atoms with Crippen molar-refractivity contribution in [3.8, 4) is 0 Å². The van der Waals surface area contributed by atoms with Crippen molar-refractivity contribution in [3.05, 3.63) is 40.6 Å². The molecule has 0 bridgehead atoms. The van der Waals surface area contributed by atoms with E-state index in [4.69, 9.17) is 0 Å². The van der Waals surface area contributed by atoms with Crippen LogP contribution in [-0.4, -0.2) is 27.2 Å². The molecule has 0 amide bonds. The van der Waals surface area contributed by atoms with Gasteiger partial charge in [0.25, 0.3) is 0 Å². The molecule has 0 atom stereocenters. The summed E-state index contributed by atoms with van der Waals surface area (Å²) in [6.45, 7) is 0.505. The topological polar surface area (TPSA) is 88.3 Å². The molecule has 1 aromatic carbocycles. The van der Waals surface area contributed by atoms with Gasteiger partial charge in [0.2, 0.25) is 0 Å². The van der Waals surface area contributed by atoms with Crippen molar-refractivity contribution in [2.24, 2.45) is 0 Å². The zero-order chi connectivity index (χ0) is 14.2. The number of nitrogens with zero attached hydrogens (tertiary/aromatic N) is 2. The molecule has 0 radical (unpaired) electrons. The van der Waals surface area contributed by atoms with Gasteiger partial charge < -0.3 is 10.4 Å². The molecular weight excluding hydrogens is 258 g/mol. The van der Waals surface area contributed by atoms with Crippen LogP contribution in [0.25, 0.3) is 10.9 Å². The van der Waals surface area contributed by atoms with Gasteiger partial charge in [-0.3, -0.25) is 10.1 Å². The maximum atomic E-state index is 11.1. The van der Waals surface area contributed by atoms with Crippen LogP contribution in [0.5, 0.6) is 0 Å². The number of aliphatic hydroxyl groups is 1. The molecule has 2 aromatic rings. The largest absolute Gasteiger partial charge is 0.390 e. The summed E-state index contributed by atoms with van der Waals surface area (Å²) in [6, 6.07) is 7.30. The van der Waals surface area contributed by atoms with Crippen LogP contribution in [0, 0.1) is 10.1 Å². The highest BCUT2D eigenvalue weighted by Crippen LogP contribution is 2.38. The fourth-order valence-electron chi connectivity index (χ4n) is 2.27. The van der Waals surface area contributed by atoms with Gasteiger partial charge in [-0.05, 0) is 25.3 Å². The lowest BCUT2D eigenvalue weighted by molar-refractivity contribution is -0.384. The lowest BCUT2D eigenvalue weighted by Gasteiger charge is -2.12. The third kappa shape index (κ3) is 2.42. The maximum Gasteiger partial charge on any atom is 0.311 e.